The van der Waals surface area contributed by atoms with Gasteiger partial charge in [0, 0.05) is 19.1 Å². The van der Waals surface area contributed by atoms with Crippen molar-refractivity contribution in [3.63, 3.8) is 0 Å². The van der Waals surface area contributed by atoms with Crippen LogP contribution in [0.1, 0.15) is 32.1 Å². The minimum absolute atomic E-state index is 0.0936. The van der Waals surface area contributed by atoms with Crippen LogP contribution in [0.25, 0.3) is 0 Å². The van der Waals surface area contributed by atoms with E-state index >= 15 is 0 Å². The van der Waals surface area contributed by atoms with E-state index in [9.17, 15) is 4.79 Å². The first kappa shape index (κ1) is 10.7. The number of carbonyl (C=O) groups excluding carboxylic acids is 1. The van der Waals surface area contributed by atoms with E-state index in [0.29, 0.717) is 11.9 Å². The van der Waals surface area contributed by atoms with Gasteiger partial charge in [0.05, 0.1) is 6.04 Å². The van der Waals surface area contributed by atoms with Crippen LogP contribution in [0.2, 0.25) is 0 Å². The lowest BCUT2D eigenvalue weighted by atomic mass is 10.0. The van der Waals surface area contributed by atoms with Crippen molar-refractivity contribution in [1.82, 2.24) is 10.2 Å². The van der Waals surface area contributed by atoms with E-state index in [1.54, 1.807) is 0 Å². The second-order valence-corrected chi connectivity index (χ2v) is 4.54. The normalized spacial score (nSPS) is 26.8. The minimum atomic E-state index is 0.0936. The van der Waals surface area contributed by atoms with Gasteiger partial charge in [-0.25, -0.2) is 0 Å². The van der Waals surface area contributed by atoms with Gasteiger partial charge < -0.3 is 10.2 Å². The molecule has 1 amide bonds. The molecule has 1 saturated carbocycles. The Hall–Kier alpha value is -0.830. The number of piperidine rings is 1. The topological polar surface area (TPSA) is 32.3 Å². The van der Waals surface area contributed by atoms with Crippen molar-refractivity contribution in [2.24, 2.45) is 0 Å². The highest BCUT2D eigenvalue weighted by Gasteiger charge is 2.32. The maximum absolute atomic E-state index is 12.0. The molecule has 1 heterocycles. The van der Waals surface area contributed by atoms with Crippen LogP contribution in [0.3, 0.4) is 0 Å². The smallest absolute Gasteiger partial charge is 0.239 e. The van der Waals surface area contributed by atoms with Crippen LogP contribution in [-0.2, 0) is 4.79 Å². The van der Waals surface area contributed by atoms with Crippen molar-refractivity contribution in [3.8, 4) is 0 Å². The van der Waals surface area contributed by atoms with Crippen LogP contribution < -0.4 is 5.32 Å². The number of nitrogens with zero attached hydrogens (tertiary/aromatic N) is 1. The van der Waals surface area contributed by atoms with E-state index in [-0.39, 0.29) is 6.04 Å². The highest BCUT2D eigenvalue weighted by atomic mass is 16.2. The molecule has 1 N–H and O–H groups in total. The summed E-state index contributed by atoms with van der Waals surface area (Å²) in [5.41, 5.74) is 0. The Balaban J connectivity index is 1.84. The Morgan fingerprint density at radius 3 is 2.93 bits per heavy atom. The molecule has 0 spiro atoms. The number of nitrogens with one attached hydrogen (secondary N) is 1. The summed E-state index contributed by atoms with van der Waals surface area (Å²) in [4.78, 5) is 14.0. The molecule has 3 nitrogen and oxygen atoms in total. The standard InChI is InChI=1S/C12H20N2O/c1-2-3-8-14-9-4-5-11(12(14)15)13-10-6-7-10/h2,10-11,13H,1,3-9H2. The molecule has 2 aliphatic rings. The number of likely N-dealkylation sites (tertiary alicyclic amines) is 1. The van der Waals surface area contributed by atoms with Gasteiger partial charge in [-0.1, -0.05) is 6.08 Å². The molecule has 3 heteroatoms. The molecule has 1 aliphatic heterocycles. The Kier molecular flexibility index (Phi) is 3.41. The van der Waals surface area contributed by atoms with Gasteiger partial charge in [0.1, 0.15) is 0 Å². The Bertz CT molecular complexity index is 248. The zero-order valence-corrected chi connectivity index (χ0v) is 9.24. The molecular formula is C12H20N2O. The molecular weight excluding hydrogens is 188 g/mol. The molecule has 15 heavy (non-hydrogen) atoms. The first-order chi connectivity index (χ1) is 7.31. The van der Waals surface area contributed by atoms with Crippen LogP contribution >= 0.6 is 0 Å². The lowest BCUT2D eigenvalue weighted by Crippen LogP contribution is -2.51. The van der Waals surface area contributed by atoms with E-state index in [1.807, 2.05) is 11.0 Å². The molecule has 0 aromatic rings. The Morgan fingerprint density at radius 2 is 2.27 bits per heavy atom. The predicted molar refractivity (Wildman–Crippen MR) is 60.6 cm³/mol. The minimum Gasteiger partial charge on any atom is -0.341 e. The molecule has 0 aromatic carbocycles. The summed E-state index contributed by atoms with van der Waals surface area (Å²) >= 11 is 0. The molecule has 0 bridgehead atoms. The SMILES string of the molecule is C=CCCN1CCCC(NC2CC2)C1=O. The molecule has 1 aliphatic carbocycles. The predicted octanol–water partition coefficient (Wildman–Crippen LogP) is 1.31. The van der Waals surface area contributed by atoms with Crippen molar-refractivity contribution >= 4 is 5.91 Å². The third-order valence-corrected chi connectivity index (χ3v) is 3.15. The van der Waals surface area contributed by atoms with Crippen LogP contribution in [0.5, 0.6) is 0 Å². The van der Waals surface area contributed by atoms with Crippen molar-refractivity contribution < 1.29 is 4.79 Å². The Morgan fingerprint density at radius 1 is 1.47 bits per heavy atom. The third-order valence-electron chi connectivity index (χ3n) is 3.15. The quantitative estimate of drug-likeness (QED) is 0.691. The van der Waals surface area contributed by atoms with Gasteiger partial charge in [-0.05, 0) is 32.1 Å². The molecule has 84 valence electrons. The lowest BCUT2D eigenvalue weighted by Gasteiger charge is -2.32. The average molecular weight is 208 g/mol. The maximum Gasteiger partial charge on any atom is 0.239 e. The molecule has 0 aromatic heterocycles. The number of hydrogen-bond acceptors (Lipinski definition) is 2. The first-order valence-electron chi connectivity index (χ1n) is 5.97. The zero-order chi connectivity index (χ0) is 10.7. The summed E-state index contributed by atoms with van der Waals surface area (Å²) < 4.78 is 0. The van der Waals surface area contributed by atoms with Gasteiger partial charge in [-0.15, -0.1) is 6.58 Å². The fourth-order valence-electron chi connectivity index (χ4n) is 2.10. The van der Waals surface area contributed by atoms with E-state index < -0.39 is 0 Å². The fraction of sp³-hybridized carbons (Fsp3) is 0.750. The number of amides is 1. The number of hydrogen-bond donors (Lipinski definition) is 1. The summed E-state index contributed by atoms with van der Waals surface area (Å²) in [5.74, 6) is 0.301. The van der Waals surface area contributed by atoms with Crippen molar-refractivity contribution in [3.05, 3.63) is 12.7 Å². The van der Waals surface area contributed by atoms with Gasteiger partial charge in [0.25, 0.3) is 0 Å². The van der Waals surface area contributed by atoms with Crippen LogP contribution in [0.15, 0.2) is 12.7 Å². The highest BCUT2D eigenvalue weighted by molar-refractivity contribution is 5.82. The number of carbonyl (C=O) groups is 1. The average Bonchev–Trinajstić information content (AvgIpc) is 3.03. The van der Waals surface area contributed by atoms with E-state index in [1.165, 1.54) is 12.8 Å². The summed E-state index contributed by atoms with van der Waals surface area (Å²) in [6, 6.07) is 0.717. The van der Waals surface area contributed by atoms with Gasteiger partial charge in [-0.2, -0.15) is 0 Å². The summed E-state index contributed by atoms with van der Waals surface area (Å²) in [5, 5.41) is 3.43. The first-order valence-corrected chi connectivity index (χ1v) is 5.97. The van der Waals surface area contributed by atoms with Crippen molar-refractivity contribution in [2.45, 2.75) is 44.2 Å². The van der Waals surface area contributed by atoms with E-state index in [4.69, 9.17) is 0 Å². The fourth-order valence-corrected chi connectivity index (χ4v) is 2.10. The molecule has 1 unspecified atom stereocenters. The van der Waals surface area contributed by atoms with Gasteiger partial charge in [0.15, 0.2) is 0 Å². The second kappa shape index (κ2) is 4.79. The van der Waals surface area contributed by atoms with Crippen LogP contribution in [0, 0.1) is 0 Å². The van der Waals surface area contributed by atoms with E-state index in [0.717, 1.165) is 32.4 Å². The largest absolute Gasteiger partial charge is 0.341 e. The van der Waals surface area contributed by atoms with Crippen molar-refractivity contribution in [1.29, 1.82) is 0 Å². The summed E-state index contributed by atoms with van der Waals surface area (Å²) in [7, 11) is 0. The van der Waals surface area contributed by atoms with Gasteiger partial charge in [-0.3, -0.25) is 4.79 Å². The summed E-state index contributed by atoms with van der Waals surface area (Å²) in [6.07, 6.45) is 7.42. The molecule has 1 saturated heterocycles. The third kappa shape index (κ3) is 2.81. The van der Waals surface area contributed by atoms with Gasteiger partial charge in [0.2, 0.25) is 5.91 Å². The number of rotatable bonds is 5. The molecule has 1 atom stereocenters. The zero-order valence-electron chi connectivity index (χ0n) is 9.24. The Labute approximate surface area is 91.5 Å². The van der Waals surface area contributed by atoms with Gasteiger partial charge >= 0.3 is 0 Å². The second-order valence-electron chi connectivity index (χ2n) is 4.54. The molecule has 0 radical (unpaired) electrons. The highest BCUT2D eigenvalue weighted by Crippen LogP contribution is 2.22. The van der Waals surface area contributed by atoms with E-state index in [2.05, 4.69) is 11.9 Å². The molecule has 2 fully saturated rings. The van der Waals surface area contributed by atoms with Crippen molar-refractivity contribution in [2.75, 3.05) is 13.1 Å². The molecule has 2 rings (SSSR count). The monoisotopic (exact) mass is 208 g/mol. The maximum atomic E-state index is 12.0. The van der Waals surface area contributed by atoms with Crippen LogP contribution in [0.4, 0.5) is 0 Å². The summed E-state index contributed by atoms with van der Waals surface area (Å²) in [6.45, 7) is 5.46. The van der Waals surface area contributed by atoms with Crippen LogP contribution in [-0.4, -0.2) is 36.0 Å². The lowest BCUT2D eigenvalue weighted by molar-refractivity contribution is -0.135.